The van der Waals surface area contributed by atoms with Gasteiger partial charge in [-0.2, -0.15) is 0 Å². The topological polar surface area (TPSA) is 15.3 Å². The predicted molar refractivity (Wildman–Crippen MR) is 63.8 cm³/mol. The molecule has 2 nitrogen and oxygen atoms in total. The van der Waals surface area contributed by atoms with Crippen molar-refractivity contribution in [2.45, 2.75) is 6.04 Å². The number of nitrogens with one attached hydrogen (secondary N) is 1. The van der Waals surface area contributed by atoms with Gasteiger partial charge in [-0.15, -0.1) is 6.58 Å². The van der Waals surface area contributed by atoms with Gasteiger partial charge in [0.25, 0.3) is 0 Å². The quantitative estimate of drug-likeness (QED) is 0.752. The summed E-state index contributed by atoms with van der Waals surface area (Å²) in [6, 6.07) is 11.0. The Morgan fingerprint density at radius 2 is 1.87 bits per heavy atom. The lowest BCUT2D eigenvalue weighted by Crippen LogP contribution is -2.44. The molecule has 1 saturated heterocycles. The van der Waals surface area contributed by atoms with Gasteiger partial charge in [0.2, 0.25) is 0 Å². The average Bonchev–Trinajstić information content (AvgIpc) is 2.33. The van der Waals surface area contributed by atoms with E-state index in [-0.39, 0.29) is 0 Å². The van der Waals surface area contributed by atoms with E-state index in [4.69, 9.17) is 0 Å². The fraction of sp³-hybridized carbons (Fsp3) is 0.385. The van der Waals surface area contributed by atoms with Gasteiger partial charge in [-0.3, -0.25) is 4.90 Å². The van der Waals surface area contributed by atoms with Crippen LogP contribution >= 0.6 is 0 Å². The summed E-state index contributed by atoms with van der Waals surface area (Å²) in [4.78, 5) is 2.47. The Morgan fingerprint density at radius 1 is 1.20 bits per heavy atom. The van der Waals surface area contributed by atoms with Crippen LogP contribution in [0, 0.1) is 0 Å². The molecule has 1 aromatic rings. The molecule has 1 fully saturated rings. The zero-order chi connectivity index (χ0) is 10.5. The molecule has 0 spiro atoms. The van der Waals surface area contributed by atoms with Crippen molar-refractivity contribution in [3.8, 4) is 0 Å². The molecular weight excluding hydrogens is 184 g/mol. The summed E-state index contributed by atoms with van der Waals surface area (Å²) in [6.07, 6.45) is 2.04. The molecule has 0 aromatic heterocycles. The molecule has 2 rings (SSSR count). The molecule has 0 radical (unpaired) electrons. The van der Waals surface area contributed by atoms with Crippen LogP contribution in [0.4, 0.5) is 0 Å². The Bertz CT molecular complexity index is 302. The molecule has 1 aliphatic heterocycles. The van der Waals surface area contributed by atoms with Crippen LogP contribution in [0.5, 0.6) is 0 Å². The molecule has 2 heteroatoms. The van der Waals surface area contributed by atoms with Gasteiger partial charge >= 0.3 is 0 Å². The molecule has 0 saturated carbocycles. The van der Waals surface area contributed by atoms with Crippen molar-refractivity contribution in [3.05, 3.63) is 48.6 Å². The van der Waals surface area contributed by atoms with E-state index in [1.807, 2.05) is 6.08 Å². The van der Waals surface area contributed by atoms with Crippen LogP contribution in [-0.4, -0.2) is 31.1 Å². The van der Waals surface area contributed by atoms with Gasteiger partial charge in [-0.25, -0.2) is 0 Å². The summed E-state index contributed by atoms with van der Waals surface area (Å²) in [7, 11) is 0. The van der Waals surface area contributed by atoms with Crippen molar-refractivity contribution in [1.82, 2.24) is 10.2 Å². The van der Waals surface area contributed by atoms with E-state index in [2.05, 4.69) is 47.1 Å². The Labute approximate surface area is 91.6 Å². The summed E-state index contributed by atoms with van der Waals surface area (Å²) in [6.45, 7) is 8.32. The van der Waals surface area contributed by atoms with Gasteiger partial charge in [0.05, 0.1) is 6.04 Å². The van der Waals surface area contributed by atoms with Crippen LogP contribution in [0.25, 0.3) is 0 Å². The number of rotatable bonds is 3. The summed E-state index contributed by atoms with van der Waals surface area (Å²) >= 11 is 0. The minimum Gasteiger partial charge on any atom is -0.314 e. The maximum Gasteiger partial charge on any atom is 0.0529 e. The lowest BCUT2D eigenvalue weighted by molar-refractivity contribution is 0.203. The second-order valence-corrected chi connectivity index (χ2v) is 3.88. The monoisotopic (exact) mass is 202 g/mol. The third-order valence-electron chi connectivity index (χ3n) is 2.91. The Hall–Kier alpha value is -1.12. The van der Waals surface area contributed by atoms with Gasteiger partial charge in [0.15, 0.2) is 0 Å². The van der Waals surface area contributed by atoms with Crippen LogP contribution in [-0.2, 0) is 0 Å². The molecule has 1 N–H and O–H groups in total. The van der Waals surface area contributed by atoms with Crippen molar-refractivity contribution in [3.63, 3.8) is 0 Å². The number of benzene rings is 1. The lowest BCUT2D eigenvalue weighted by atomic mass is 10.0. The van der Waals surface area contributed by atoms with Crippen LogP contribution < -0.4 is 5.32 Å². The summed E-state index contributed by atoms with van der Waals surface area (Å²) in [5.41, 5.74) is 1.34. The number of hydrogen-bond donors (Lipinski definition) is 1. The van der Waals surface area contributed by atoms with Crippen LogP contribution in [0.15, 0.2) is 43.0 Å². The molecule has 0 aliphatic carbocycles. The molecule has 80 valence electrons. The largest absolute Gasteiger partial charge is 0.314 e. The summed E-state index contributed by atoms with van der Waals surface area (Å²) < 4.78 is 0. The van der Waals surface area contributed by atoms with Crippen LogP contribution in [0.2, 0.25) is 0 Å². The second-order valence-electron chi connectivity index (χ2n) is 3.88. The van der Waals surface area contributed by atoms with E-state index >= 15 is 0 Å². The summed E-state index contributed by atoms with van der Waals surface area (Å²) in [5, 5.41) is 3.37. The van der Waals surface area contributed by atoms with E-state index in [1.54, 1.807) is 0 Å². The van der Waals surface area contributed by atoms with Crippen molar-refractivity contribution in [2.75, 3.05) is 26.2 Å². The molecule has 0 bridgehead atoms. The Morgan fingerprint density at radius 3 is 2.47 bits per heavy atom. The first kappa shape index (κ1) is 10.4. The molecular formula is C13H18N2. The van der Waals surface area contributed by atoms with Gasteiger partial charge < -0.3 is 5.32 Å². The number of nitrogens with zero attached hydrogens (tertiary/aromatic N) is 1. The number of hydrogen-bond acceptors (Lipinski definition) is 2. The molecule has 0 unspecified atom stereocenters. The Balaban J connectivity index is 2.12. The highest BCUT2D eigenvalue weighted by Crippen LogP contribution is 2.21. The molecule has 1 aromatic carbocycles. The predicted octanol–water partition coefficient (Wildman–Crippen LogP) is 1.82. The minimum atomic E-state index is 0.369. The SMILES string of the molecule is C=C[C@H](c1ccccc1)N1CCNCC1. The maximum atomic E-state index is 3.95. The van der Waals surface area contributed by atoms with Gasteiger partial charge in [-0.05, 0) is 5.56 Å². The van der Waals surface area contributed by atoms with Gasteiger partial charge in [-0.1, -0.05) is 36.4 Å². The standard InChI is InChI=1S/C13H18N2/c1-2-13(12-6-4-3-5-7-12)15-10-8-14-9-11-15/h2-7,13-14H,1,8-11H2/t13-/m1/s1. The first-order valence-electron chi connectivity index (χ1n) is 5.54. The maximum absolute atomic E-state index is 3.95. The molecule has 1 aliphatic rings. The smallest absolute Gasteiger partial charge is 0.0529 e. The molecule has 1 atom stereocenters. The fourth-order valence-corrected chi connectivity index (χ4v) is 2.11. The molecule has 0 amide bonds. The second kappa shape index (κ2) is 5.10. The first-order valence-corrected chi connectivity index (χ1v) is 5.54. The van der Waals surface area contributed by atoms with Gasteiger partial charge in [0, 0.05) is 26.2 Å². The highest BCUT2D eigenvalue weighted by Gasteiger charge is 2.18. The lowest BCUT2D eigenvalue weighted by Gasteiger charge is -2.33. The third-order valence-corrected chi connectivity index (χ3v) is 2.91. The minimum absolute atomic E-state index is 0.369. The Kier molecular flexibility index (Phi) is 3.54. The van der Waals surface area contributed by atoms with Crippen LogP contribution in [0.1, 0.15) is 11.6 Å². The van der Waals surface area contributed by atoms with E-state index < -0.39 is 0 Å². The highest BCUT2D eigenvalue weighted by atomic mass is 15.2. The zero-order valence-corrected chi connectivity index (χ0v) is 9.02. The number of piperazine rings is 1. The van der Waals surface area contributed by atoms with E-state index in [9.17, 15) is 0 Å². The third kappa shape index (κ3) is 2.46. The van der Waals surface area contributed by atoms with Crippen LogP contribution in [0.3, 0.4) is 0 Å². The first-order chi connectivity index (χ1) is 7.42. The molecule has 15 heavy (non-hydrogen) atoms. The molecule has 1 heterocycles. The fourth-order valence-electron chi connectivity index (χ4n) is 2.11. The summed E-state index contributed by atoms with van der Waals surface area (Å²) in [5.74, 6) is 0. The van der Waals surface area contributed by atoms with Crippen molar-refractivity contribution in [1.29, 1.82) is 0 Å². The van der Waals surface area contributed by atoms with E-state index in [0.717, 1.165) is 26.2 Å². The van der Waals surface area contributed by atoms with E-state index in [1.165, 1.54) is 5.56 Å². The van der Waals surface area contributed by atoms with Crippen molar-refractivity contribution < 1.29 is 0 Å². The average molecular weight is 202 g/mol. The highest BCUT2D eigenvalue weighted by molar-refractivity contribution is 5.22. The van der Waals surface area contributed by atoms with Crippen molar-refractivity contribution in [2.24, 2.45) is 0 Å². The zero-order valence-electron chi connectivity index (χ0n) is 9.02. The normalized spacial score (nSPS) is 19.7. The van der Waals surface area contributed by atoms with E-state index in [0.29, 0.717) is 6.04 Å². The van der Waals surface area contributed by atoms with Crippen molar-refractivity contribution >= 4 is 0 Å². The van der Waals surface area contributed by atoms with Gasteiger partial charge in [0.1, 0.15) is 0 Å².